The molecule has 1 aliphatic carbocycles. The van der Waals surface area contributed by atoms with Gasteiger partial charge >= 0.3 is 6.18 Å². The number of halogens is 3. The van der Waals surface area contributed by atoms with Crippen molar-refractivity contribution in [2.45, 2.75) is 124 Å². The maximum absolute atomic E-state index is 14.8. The van der Waals surface area contributed by atoms with Crippen molar-refractivity contribution in [3.63, 3.8) is 0 Å². The molecule has 13 nitrogen and oxygen atoms in total. The summed E-state index contributed by atoms with van der Waals surface area (Å²) in [6, 6.07) is -0.283. The second kappa shape index (κ2) is 14.7. The Kier molecular flexibility index (Phi) is 11.0. The zero-order valence-corrected chi connectivity index (χ0v) is 30.2. The monoisotopic (exact) mass is 703 g/mol. The number of hydrogen-bond acceptors (Lipinski definition) is 10. The van der Waals surface area contributed by atoms with Crippen LogP contribution in [0.4, 0.5) is 13.2 Å². The number of rotatable bonds is 10. The normalized spacial score (nSPS) is 23.9. The molecule has 3 aliphatic heterocycles. The van der Waals surface area contributed by atoms with Gasteiger partial charge in [-0.05, 0) is 74.7 Å². The number of hydrogen-bond donors (Lipinski definition) is 4. The molecule has 1 saturated carbocycles. The van der Waals surface area contributed by atoms with E-state index in [2.05, 4.69) is 78.7 Å². The second-order valence-corrected chi connectivity index (χ2v) is 15.3. The van der Waals surface area contributed by atoms with E-state index >= 15 is 0 Å². The van der Waals surface area contributed by atoms with Crippen LogP contribution in [0, 0.1) is 17.3 Å². The third-order valence-electron chi connectivity index (χ3n) is 10.4. The quantitative estimate of drug-likeness (QED) is 0.207. The Labute approximate surface area is 292 Å². The van der Waals surface area contributed by atoms with Gasteiger partial charge in [0.2, 0.25) is 11.7 Å². The van der Waals surface area contributed by atoms with Crippen molar-refractivity contribution < 1.29 is 22.8 Å². The molecular formula is C34H52F3N11O2. The molecule has 4 N–H and O–H groups in total. The molecule has 16 heteroatoms. The number of nitrogens with zero attached hydrogens (tertiary/aromatic N) is 7. The topological polar surface area (TPSA) is 144 Å². The predicted octanol–water partition coefficient (Wildman–Crippen LogP) is 4.42. The van der Waals surface area contributed by atoms with Gasteiger partial charge in [-0.3, -0.25) is 15.0 Å². The summed E-state index contributed by atoms with van der Waals surface area (Å²) in [6.45, 7) is 15.3. The molecule has 1 atom stereocenters. The van der Waals surface area contributed by atoms with Crippen molar-refractivity contribution in [2.24, 2.45) is 27.3 Å². The van der Waals surface area contributed by atoms with E-state index in [1.165, 1.54) is 0 Å². The molecule has 1 fully saturated rings. The van der Waals surface area contributed by atoms with Crippen molar-refractivity contribution >= 4 is 23.5 Å². The Morgan fingerprint density at radius 2 is 1.82 bits per heavy atom. The Balaban J connectivity index is 1.47. The van der Waals surface area contributed by atoms with Gasteiger partial charge < -0.3 is 19.7 Å². The fraction of sp³-hybridized carbons (Fsp3) is 0.706. The molecule has 0 bridgehead atoms. The average Bonchev–Trinajstić information content (AvgIpc) is 3.79. The molecule has 0 saturated heterocycles. The fourth-order valence-corrected chi connectivity index (χ4v) is 7.43. The molecule has 4 heterocycles. The highest BCUT2D eigenvalue weighted by molar-refractivity contribution is 6.39. The minimum atomic E-state index is -4.61. The standard InChI is InChI=1S/C34H52F3N11O2/c1-8-23(11-10-22(4)29(49)38-19-26-40-44-45-41-26)25(12-9-21(2)3)48-30(50)28(39-33(48)15-13-24(14-16-33)32(5,6)7)46-17-18-47-27(20-46)42-43-31(47)34(35,36)37/h10-11,21,24-25,44-45H,8-9,12-20H2,1-7H3,(H,38,49)(H,40,41). The lowest BCUT2D eigenvalue weighted by Gasteiger charge is -2.48. The zero-order valence-electron chi connectivity index (χ0n) is 30.2. The van der Waals surface area contributed by atoms with Gasteiger partial charge in [-0.1, -0.05) is 53.7 Å². The lowest BCUT2D eigenvalue weighted by Crippen LogP contribution is -2.56. The lowest BCUT2D eigenvalue weighted by molar-refractivity contribution is -0.148. The van der Waals surface area contributed by atoms with Gasteiger partial charge in [0.1, 0.15) is 5.66 Å². The van der Waals surface area contributed by atoms with Crippen molar-refractivity contribution in [1.29, 1.82) is 0 Å². The number of fused-ring (bicyclic) bond motifs is 1. The van der Waals surface area contributed by atoms with Crippen LogP contribution in [-0.2, 0) is 28.9 Å². The summed E-state index contributed by atoms with van der Waals surface area (Å²) in [4.78, 5) is 36.7. The van der Waals surface area contributed by atoms with Gasteiger partial charge in [-0.15, -0.1) is 20.8 Å². The number of aliphatic imine (C=N–C) groups is 1. The van der Waals surface area contributed by atoms with Crippen molar-refractivity contribution in [3.8, 4) is 0 Å². The molecule has 50 heavy (non-hydrogen) atoms. The van der Waals surface area contributed by atoms with Crippen LogP contribution in [0.1, 0.15) is 105 Å². The number of amides is 2. The molecule has 5 rings (SSSR count). The first kappa shape index (κ1) is 37.3. The number of allylic oxidation sites excluding steroid dienone is 2. The maximum Gasteiger partial charge on any atom is 0.451 e. The molecule has 2 amide bonds. The Bertz CT molecular complexity index is 1550. The smallest absolute Gasteiger partial charge is 0.345 e. The zero-order chi connectivity index (χ0) is 36.4. The van der Waals surface area contributed by atoms with Crippen LogP contribution in [-0.4, -0.2) is 72.8 Å². The third-order valence-corrected chi connectivity index (χ3v) is 10.4. The van der Waals surface area contributed by atoms with Crippen LogP contribution in [0.2, 0.25) is 0 Å². The maximum atomic E-state index is 14.8. The molecule has 1 aromatic heterocycles. The summed E-state index contributed by atoms with van der Waals surface area (Å²) < 4.78 is 41.9. The van der Waals surface area contributed by atoms with Gasteiger partial charge in [0.15, 0.2) is 17.5 Å². The van der Waals surface area contributed by atoms with Crippen LogP contribution in [0.5, 0.6) is 0 Å². The minimum absolute atomic E-state index is 0.00202. The van der Waals surface area contributed by atoms with Gasteiger partial charge in [-0.25, -0.2) is 10.5 Å². The van der Waals surface area contributed by atoms with Crippen LogP contribution >= 0.6 is 0 Å². The number of alkyl halides is 3. The SMILES string of the molecule is CCC(=CC=C(C)C(=O)NCC1=NNNN1)C(CCC(C)C)N1C(=O)C(N2CCn3c(nnc3C(F)(F)F)C2)=NC12CCC(C(C)(C)C)CC2. The van der Waals surface area contributed by atoms with Crippen LogP contribution in [0.25, 0.3) is 0 Å². The summed E-state index contributed by atoms with van der Waals surface area (Å²) in [5.74, 6) is 0.384. The molecule has 1 unspecified atom stereocenters. The summed E-state index contributed by atoms with van der Waals surface area (Å²) in [5, 5.41) is 14.1. The summed E-state index contributed by atoms with van der Waals surface area (Å²) in [7, 11) is 0. The summed E-state index contributed by atoms with van der Waals surface area (Å²) in [5.41, 5.74) is 8.86. The number of hydrazone groups is 1. The highest BCUT2D eigenvalue weighted by Gasteiger charge is 2.54. The third kappa shape index (κ3) is 8.00. The van der Waals surface area contributed by atoms with Gasteiger partial charge in [0, 0.05) is 18.7 Å². The van der Waals surface area contributed by atoms with E-state index in [1.807, 2.05) is 11.0 Å². The van der Waals surface area contributed by atoms with Gasteiger partial charge in [-0.2, -0.15) is 13.2 Å². The molecular weight excluding hydrogens is 651 g/mol. The molecule has 0 aromatic carbocycles. The van der Waals surface area contributed by atoms with E-state index in [0.717, 1.165) is 29.4 Å². The average molecular weight is 704 g/mol. The largest absolute Gasteiger partial charge is 0.451 e. The minimum Gasteiger partial charge on any atom is -0.345 e. The first-order valence-corrected chi connectivity index (χ1v) is 17.7. The first-order chi connectivity index (χ1) is 23.5. The molecule has 4 aliphatic rings. The number of carbonyl (C=O) groups is 2. The molecule has 1 aromatic rings. The summed E-state index contributed by atoms with van der Waals surface area (Å²) >= 11 is 0. The number of carbonyl (C=O) groups excluding carboxylic acids is 2. The van der Waals surface area contributed by atoms with E-state index in [4.69, 9.17) is 4.99 Å². The van der Waals surface area contributed by atoms with E-state index in [9.17, 15) is 22.8 Å². The lowest BCUT2D eigenvalue weighted by atomic mass is 9.69. The summed E-state index contributed by atoms with van der Waals surface area (Å²) in [6.07, 6.45) is 4.59. The van der Waals surface area contributed by atoms with Crippen molar-refractivity contribution in [2.75, 3.05) is 13.1 Å². The van der Waals surface area contributed by atoms with Crippen LogP contribution < -0.4 is 21.8 Å². The van der Waals surface area contributed by atoms with E-state index in [1.54, 1.807) is 17.9 Å². The van der Waals surface area contributed by atoms with Crippen LogP contribution in [0.15, 0.2) is 33.4 Å². The number of nitrogens with one attached hydrogen (secondary N) is 4. The van der Waals surface area contributed by atoms with Crippen LogP contribution in [0.3, 0.4) is 0 Å². The van der Waals surface area contributed by atoms with Gasteiger partial charge in [0.25, 0.3) is 5.91 Å². The Morgan fingerprint density at radius 1 is 1.10 bits per heavy atom. The molecule has 0 radical (unpaired) electrons. The van der Waals surface area contributed by atoms with Crippen molar-refractivity contribution in [1.82, 2.24) is 46.4 Å². The second-order valence-electron chi connectivity index (χ2n) is 15.3. The Hall–Kier alpha value is -3.95. The number of aromatic nitrogens is 3. The predicted molar refractivity (Wildman–Crippen MR) is 184 cm³/mol. The van der Waals surface area contributed by atoms with E-state index in [0.29, 0.717) is 48.9 Å². The first-order valence-electron chi connectivity index (χ1n) is 17.7. The highest BCUT2D eigenvalue weighted by Crippen LogP contribution is 2.48. The van der Waals surface area contributed by atoms with Crippen molar-refractivity contribution in [3.05, 3.63) is 34.9 Å². The number of amidine groups is 2. The Morgan fingerprint density at radius 3 is 2.42 bits per heavy atom. The highest BCUT2D eigenvalue weighted by atomic mass is 19.4. The molecule has 276 valence electrons. The number of hydrazine groups is 2. The fourth-order valence-electron chi connectivity index (χ4n) is 7.43. The van der Waals surface area contributed by atoms with Gasteiger partial charge in [0.05, 0.1) is 19.1 Å². The van der Waals surface area contributed by atoms with E-state index in [-0.39, 0.29) is 61.1 Å². The van der Waals surface area contributed by atoms with E-state index < -0.39 is 17.7 Å². The molecule has 1 spiro atoms.